The summed E-state index contributed by atoms with van der Waals surface area (Å²) >= 11 is 0. The van der Waals surface area contributed by atoms with Crippen molar-refractivity contribution in [2.45, 2.75) is 38.8 Å². The number of ether oxygens (including phenoxy) is 3. The molecule has 1 amide bonds. The molecule has 0 bridgehead atoms. The second-order valence-corrected chi connectivity index (χ2v) is 8.72. The molecule has 1 aliphatic rings. The lowest BCUT2D eigenvalue weighted by Crippen LogP contribution is -2.35. The molecule has 1 aromatic heterocycles. The maximum absolute atomic E-state index is 12.7. The van der Waals surface area contributed by atoms with Crippen LogP contribution in [0.1, 0.15) is 26.3 Å². The van der Waals surface area contributed by atoms with Crippen molar-refractivity contribution in [1.82, 2.24) is 4.57 Å². The highest BCUT2D eigenvalue weighted by Crippen LogP contribution is 2.39. The Labute approximate surface area is 190 Å². The second-order valence-electron chi connectivity index (χ2n) is 8.72. The van der Waals surface area contributed by atoms with Gasteiger partial charge in [-0.15, -0.1) is 10.2 Å². The Kier molecular flexibility index (Phi) is 5.80. The predicted molar refractivity (Wildman–Crippen MR) is 120 cm³/mol. The molecule has 9 nitrogen and oxygen atoms in total. The summed E-state index contributed by atoms with van der Waals surface area (Å²) in [5.41, 5.74) is 1.59. The normalized spacial score (nSPS) is 15.7. The summed E-state index contributed by atoms with van der Waals surface area (Å²) in [7, 11) is 1.26. The number of amides is 1. The maximum atomic E-state index is 12.7. The fourth-order valence-electron chi connectivity index (χ4n) is 3.55. The molecule has 172 valence electrons. The van der Waals surface area contributed by atoms with E-state index in [4.69, 9.17) is 14.2 Å². The van der Waals surface area contributed by atoms with Gasteiger partial charge in [-0.05, 0) is 29.2 Å². The van der Waals surface area contributed by atoms with Crippen molar-refractivity contribution in [3.8, 4) is 17.4 Å². The van der Waals surface area contributed by atoms with Gasteiger partial charge in [0.2, 0.25) is 12.0 Å². The summed E-state index contributed by atoms with van der Waals surface area (Å²) in [6.07, 6.45) is -0.970. The van der Waals surface area contributed by atoms with Crippen LogP contribution in [0, 0.1) is 0 Å². The van der Waals surface area contributed by atoms with Crippen molar-refractivity contribution < 1.29 is 28.9 Å². The molecule has 0 spiro atoms. The molecule has 1 aliphatic heterocycles. The average molecular weight is 451 g/mol. The largest absolute Gasteiger partial charge is 0.493 e. The van der Waals surface area contributed by atoms with E-state index in [1.807, 2.05) is 18.2 Å². The summed E-state index contributed by atoms with van der Waals surface area (Å²) in [6.45, 7) is 6.03. The van der Waals surface area contributed by atoms with Gasteiger partial charge in [0.25, 0.3) is 0 Å². The van der Waals surface area contributed by atoms with Crippen molar-refractivity contribution in [3.05, 3.63) is 48.0 Å². The van der Waals surface area contributed by atoms with E-state index in [0.717, 1.165) is 5.56 Å². The van der Waals surface area contributed by atoms with Crippen molar-refractivity contribution in [2.75, 3.05) is 13.7 Å². The first kappa shape index (κ1) is 22.3. The molecule has 0 fully saturated rings. The first-order valence-corrected chi connectivity index (χ1v) is 10.5. The fraction of sp³-hybridized carbons (Fsp3) is 0.333. The fourth-order valence-corrected chi connectivity index (χ4v) is 3.55. The number of esters is 1. The topological polar surface area (TPSA) is 112 Å². The minimum Gasteiger partial charge on any atom is -0.493 e. The van der Waals surface area contributed by atoms with Gasteiger partial charge in [-0.25, -0.2) is 0 Å². The number of carbonyl (C=O) groups is 2. The molecule has 4 rings (SSSR count). The molecule has 0 saturated heterocycles. The van der Waals surface area contributed by atoms with Crippen LogP contribution in [0.25, 0.3) is 10.9 Å². The van der Waals surface area contributed by atoms with E-state index in [0.29, 0.717) is 22.4 Å². The van der Waals surface area contributed by atoms with Crippen LogP contribution in [0.3, 0.4) is 0 Å². The number of hydrogen-bond acceptors (Lipinski definition) is 7. The van der Waals surface area contributed by atoms with Gasteiger partial charge in [-0.2, -0.15) is 0 Å². The summed E-state index contributed by atoms with van der Waals surface area (Å²) < 4.78 is 17.6. The molecule has 2 heterocycles. The molecule has 0 saturated carbocycles. The predicted octanol–water partition coefficient (Wildman–Crippen LogP) is 4.27. The number of rotatable bonds is 4. The minimum absolute atomic E-state index is 0.00417. The molecule has 9 heteroatoms. The van der Waals surface area contributed by atoms with Gasteiger partial charge in [-0.3, -0.25) is 14.2 Å². The lowest BCUT2D eigenvalue weighted by molar-refractivity contribution is -0.141. The van der Waals surface area contributed by atoms with Gasteiger partial charge in [0.1, 0.15) is 13.2 Å². The third kappa shape index (κ3) is 4.39. The number of azo groups is 1. The molecular formula is C24H25N3O6. The maximum Gasteiger partial charge on any atom is 0.325 e. The minimum atomic E-state index is -0.970. The Morgan fingerprint density at radius 3 is 2.67 bits per heavy atom. The molecular weight excluding hydrogens is 426 g/mol. The molecule has 2 aromatic carbocycles. The number of nitrogens with zero attached hydrogens (tertiary/aromatic N) is 3. The molecule has 1 N–H and O–H groups in total. The van der Waals surface area contributed by atoms with Gasteiger partial charge in [0, 0.05) is 5.39 Å². The quantitative estimate of drug-likeness (QED) is 0.468. The zero-order valence-corrected chi connectivity index (χ0v) is 18.9. The van der Waals surface area contributed by atoms with Crippen LogP contribution in [0.15, 0.2) is 52.7 Å². The zero-order chi connectivity index (χ0) is 23.8. The Morgan fingerprint density at radius 2 is 1.94 bits per heavy atom. The van der Waals surface area contributed by atoms with Crippen molar-refractivity contribution in [1.29, 1.82) is 0 Å². The molecule has 0 radical (unpaired) electrons. The smallest absolute Gasteiger partial charge is 0.325 e. The number of hydrogen-bond donors (Lipinski definition) is 1. The van der Waals surface area contributed by atoms with Crippen molar-refractivity contribution in [2.24, 2.45) is 10.2 Å². The van der Waals surface area contributed by atoms with Crippen LogP contribution in [0.5, 0.6) is 17.4 Å². The van der Waals surface area contributed by atoms with E-state index < -0.39 is 18.0 Å². The Hall–Kier alpha value is -3.88. The summed E-state index contributed by atoms with van der Waals surface area (Å²) in [5, 5.41) is 19.0. The third-order valence-electron chi connectivity index (χ3n) is 5.43. The number of aromatic nitrogens is 1. The van der Waals surface area contributed by atoms with Crippen LogP contribution in [0.4, 0.5) is 5.69 Å². The number of para-hydroxylation sites is 1. The van der Waals surface area contributed by atoms with E-state index in [1.54, 1.807) is 24.3 Å². The number of aromatic hydroxyl groups is 1. The van der Waals surface area contributed by atoms with Crippen molar-refractivity contribution in [3.63, 3.8) is 0 Å². The average Bonchev–Trinajstić information content (AvgIpc) is 3.06. The highest BCUT2D eigenvalue weighted by molar-refractivity contribution is 5.96. The first-order valence-electron chi connectivity index (χ1n) is 10.5. The summed E-state index contributed by atoms with van der Waals surface area (Å²) in [6, 6.07) is 12.6. The Morgan fingerprint density at radius 1 is 1.18 bits per heavy atom. The van der Waals surface area contributed by atoms with Crippen LogP contribution >= 0.6 is 0 Å². The number of carbonyl (C=O) groups excluding carboxylic acids is 2. The SMILES string of the molecule is COC(=O)Cn1c(O)c(N=NC(=O)[C@H]2COc3ccc(C(C)(C)C)cc3O2)c2ccccc21. The highest BCUT2D eigenvalue weighted by atomic mass is 16.6. The van der Waals surface area contributed by atoms with Crippen molar-refractivity contribution >= 4 is 28.5 Å². The molecule has 0 unspecified atom stereocenters. The molecule has 1 atom stereocenters. The van der Waals surface area contributed by atoms with Crippen LogP contribution in [0.2, 0.25) is 0 Å². The standard InChI is InChI=1S/C24H25N3O6/c1-24(2,3)14-9-10-17-18(11-14)33-19(13-32-17)22(29)26-25-21-15-7-5-6-8-16(15)27(23(21)30)12-20(28)31-4/h5-11,19,30H,12-13H2,1-4H3/t19-/m1/s1. The van der Waals surface area contributed by atoms with Gasteiger partial charge in [-0.1, -0.05) is 45.0 Å². The zero-order valence-electron chi connectivity index (χ0n) is 18.9. The summed E-state index contributed by atoms with van der Waals surface area (Å²) in [5.74, 6) is -0.441. The van der Waals surface area contributed by atoms with E-state index in [2.05, 4.69) is 31.0 Å². The van der Waals surface area contributed by atoms with E-state index in [1.165, 1.54) is 11.7 Å². The van der Waals surface area contributed by atoms with Gasteiger partial charge in [0.05, 0.1) is 12.6 Å². The van der Waals surface area contributed by atoms with Gasteiger partial charge in [0.15, 0.2) is 17.2 Å². The van der Waals surface area contributed by atoms with Crippen LogP contribution < -0.4 is 9.47 Å². The second kappa shape index (κ2) is 8.57. The lowest BCUT2D eigenvalue weighted by atomic mass is 9.87. The lowest BCUT2D eigenvalue weighted by Gasteiger charge is -2.27. The molecule has 0 aliphatic carbocycles. The highest BCUT2D eigenvalue weighted by Gasteiger charge is 2.29. The monoisotopic (exact) mass is 451 g/mol. The van der Waals surface area contributed by atoms with Gasteiger partial charge < -0.3 is 19.3 Å². The molecule has 3 aromatic rings. The van der Waals surface area contributed by atoms with E-state index >= 15 is 0 Å². The first-order chi connectivity index (χ1) is 15.7. The summed E-state index contributed by atoms with van der Waals surface area (Å²) in [4.78, 5) is 24.5. The van der Waals surface area contributed by atoms with Crippen LogP contribution in [-0.4, -0.2) is 41.4 Å². The number of methoxy groups -OCH3 is 1. The molecule has 33 heavy (non-hydrogen) atoms. The number of fused-ring (bicyclic) bond motifs is 2. The van der Waals surface area contributed by atoms with E-state index in [-0.39, 0.29) is 30.1 Å². The number of benzene rings is 2. The van der Waals surface area contributed by atoms with E-state index in [9.17, 15) is 14.7 Å². The third-order valence-corrected chi connectivity index (χ3v) is 5.43. The van der Waals surface area contributed by atoms with Crippen LogP contribution in [-0.2, 0) is 26.3 Å². The Bertz CT molecular complexity index is 1260. The van der Waals surface area contributed by atoms with Gasteiger partial charge >= 0.3 is 11.9 Å². The Balaban J connectivity index is 1.59.